The molecule has 0 fully saturated rings. The highest BCUT2D eigenvalue weighted by Crippen LogP contribution is 2.28. The summed E-state index contributed by atoms with van der Waals surface area (Å²) < 4.78 is 12.8. The van der Waals surface area contributed by atoms with Crippen molar-refractivity contribution in [3.8, 4) is 5.75 Å². The molecule has 0 bridgehead atoms. The molecule has 0 radical (unpaired) electrons. The molecule has 5 rings (SSSR count). The lowest BCUT2D eigenvalue weighted by atomic mass is 9.99. The average Bonchev–Trinajstić information content (AvgIpc) is 3.30. The van der Waals surface area contributed by atoms with Gasteiger partial charge in [-0.05, 0) is 41.5 Å². The van der Waals surface area contributed by atoms with Gasteiger partial charge in [-0.15, -0.1) is 11.3 Å². The molecular formula is C27H31N3O4S. The maximum Gasteiger partial charge on any atom is 0.343 e. The first kappa shape index (κ1) is 23.6. The first-order valence-electron chi connectivity index (χ1n) is 12.1. The minimum atomic E-state index is -0.470. The van der Waals surface area contributed by atoms with E-state index in [-0.39, 0.29) is 5.56 Å². The minimum Gasteiger partial charge on any atom is -0.487 e. The third kappa shape index (κ3) is 4.99. The van der Waals surface area contributed by atoms with Crippen molar-refractivity contribution in [2.75, 3.05) is 38.7 Å². The van der Waals surface area contributed by atoms with Crippen LogP contribution in [0.4, 0.5) is 5.69 Å². The molecule has 184 valence electrons. The molecular weight excluding hydrogens is 462 g/mol. The number of carbonyl (C=O) groups excluding carboxylic acids is 1. The Morgan fingerprint density at radius 1 is 1.09 bits per heavy atom. The van der Waals surface area contributed by atoms with Crippen LogP contribution >= 0.6 is 11.3 Å². The van der Waals surface area contributed by atoms with Crippen LogP contribution in [-0.2, 0) is 37.3 Å². The van der Waals surface area contributed by atoms with Gasteiger partial charge < -0.3 is 18.9 Å². The van der Waals surface area contributed by atoms with E-state index in [9.17, 15) is 9.59 Å². The number of ether oxygens (including phenoxy) is 2. The van der Waals surface area contributed by atoms with Crippen molar-refractivity contribution in [1.82, 2.24) is 9.47 Å². The third-order valence-corrected chi connectivity index (χ3v) is 7.78. The van der Waals surface area contributed by atoms with Gasteiger partial charge in [0.15, 0.2) is 0 Å². The molecule has 1 aromatic carbocycles. The molecule has 0 saturated carbocycles. The topological polar surface area (TPSA) is 64.0 Å². The van der Waals surface area contributed by atoms with E-state index >= 15 is 0 Å². The zero-order chi connectivity index (χ0) is 24.4. The summed E-state index contributed by atoms with van der Waals surface area (Å²) in [5.74, 6) is -0.170. The molecule has 0 unspecified atom stereocenters. The summed E-state index contributed by atoms with van der Waals surface area (Å²) in [6.45, 7) is 4.23. The molecule has 35 heavy (non-hydrogen) atoms. The van der Waals surface area contributed by atoms with Crippen LogP contribution in [0.15, 0.2) is 46.6 Å². The molecule has 0 amide bonds. The number of methoxy groups -OCH3 is 1. The second-order valence-electron chi connectivity index (χ2n) is 9.19. The van der Waals surface area contributed by atoms with Crippen LogP contribution in [0, 0.1) is 0 Å². The Bertz CT molecular complexity index is 1270. The summed E-state index contributed by atoms with van der Waals surface area (Å²) in [6.07, 6.45) is 2.87. The molecule has 0 atom stereocenters. The zero-order valence-electron chi connectivity index (χ0n) is 20.3. The molecule has 3 aromatic rings. The average molecular weight is 494 g/mol. The monoisotopic (exact) mass is 493 g/mol. The minimum absolute atomic E-state index is 0.146. The number of pyridine rings is 1. The number of thiophene rings is 1. The number of fused-ring (bicyclic) bond motifs is 2. The Hall–Kier alpha value is -3.10. The van der Waals surface area contributed by atoms with Gasteiger partial charge in [0.25, 0.3) is 5.56 Å². The van der Waals surface area contributed by atoms with E-state index in [0.717, 1.165) is 37.5 Å². The highest BCUT2D eigenvalue weighted by Gasteiger charge is 2.26. The van der Waals surface area contributed by atoms with Crippen molar-refractivity contribution in [2.24, 2.45) is 0 Å². The van der Waals surface area contributed by atoms with E-state index in [1.807, 2.05) is 17.5 Å². The fraction of sp³-hybridized carbons (Fsp3) is 0.407. The van der Waals surface area contributed by atoms with Crippen molar-refractivity contribution in [2.45, 2.75) is 39.0 Å². The summed E-state index contributed by atoms with van der Waals surface area (Å²) in [5, 5.41) is 1.97. The number of rotatable bonds is 6. The lowest BCUT2D eigenvalue weighted by molar-refractivity contribution is 0.0592. The standard InChI is InChI=1S/C27H31N3O4S/c1-28-10-3-5-20-15-19(7-8-22(20)28)17-29-11-9-23-26(27(32)33-2)24(16-25(31)30(23)13-12-29)34-18-21-6-4-14-35-21/h4,6-8,14-16H,3,5,9-13,17-18H2,1-2H3. The normalized spacial score (nSPS) is 15.8. The molecule has 2 aliphatic heterocycles. The Balaban J connectivity index is 1.37. The van der Waals surface area contributed by atoms with Crippen LogP contribution in [0.25, 0.3) is 0 Å². The molecule has 0 spiro atoms. The van der Waals surface area contributed by atoms with Crippen LogP contribution in [-0.4, -0.2) is 49.2 Å². The Kier molecular flexibility index (Phi) is 6.92. The largest absolute Gasteiger partial charge is 0.487 e. The number of esters is 1. The third-order valence-electron chi connectivity index (χ3n) is 6.93. The van der Waals surface area contributed by atoms with Gasteiger partial charge in [-0.3, -0.25) is 9.69 Å². The molecule has 8 heteroatoms. The molecule has 0 aliphatic carbocycles. The van der Waals surface area contributed by atoms with E-state index in [0.29, 0.717) is 36.6 Å². The predicted molar refractivity (Wildman–Crippen MR) is 138 cm³/mol. The van der Waals surface area contributed by atoms with Crippen molar-refractivity contribution in [3.05, 3.63) is 79.4 Å². The van der Waals surface area contributed by atoms with E-state index in [1.165, 1.54) is 36.4 Å². The maximum absolute atomic E-state index is 13.0. The van der Waals surface area contributed by atoms with Gasteiger partial charge in [-0.25, -0.2) is 4.79 Å². The summed E-state index contributed by atoms with van der Waals surface area (Å²) in [6, 6.07) is 12.1. The van der Waals surface area contributed by atoms with Crippen LogP contribution in [0.2, 0.25) is 0 Å². The van der Waals surface area contributed by atoms with Crippen molar-refractivity contribution in [3.63, 3.8) is 0 Å². The fourth-order valence-corrected chi connectivity index (χ4v) is 5.74. The lowest BCUT2D eigenvalue weighted by Crippen LogP contribution is -2.29. The van der Waals surface area contributed by atoms with E-state index in [4.69, 9.17) is 9.47 Å². The van der Waals surface area contributed by atoms with Crippen molar-refractivity contribution < 1.29 is 14.3 Å². The summed E-state index contributed by atoms with van der Waals surface area (Å²) in [4.78, 5) is 31.5. The number of aryl methyl sites for hydroxylation is 1. The highest BCUT2D eigenvalue weighted by atomic mass is 32.1. The second-order valence-corrected chi connectivity index (χ2v) is 10.2. The summed E-state index contributed by atoms with van der Waals surface area (Å²) in [7, 11) is 3.52. The van der Waals surface area contributed by atoms with Crippen LogP contribution in [0.1, 0.15) is 38.5 Å². The lowest BCUT2D eigenvalue weighted by Gasteiger charge is -2.28. The number of carbonyl (C=O) groups is 1. The van der Waals surface area contributed by atoms with E-state index in [1.54, 1.807) is 15.9 Å². The predicted octanol–water partition coefficient (Wildman–Crippen LogP) is 3.72. The van der Waals surface area contributed by atoms with Crippen LogP contribution in [0.3, 0.4) is 0 Å². The Morgan fingerprint density at radius 3 is 2.77 bits per heavy atom. The second kappa shape index (κ2) is 10.3. The van der Waals surface area contributed by atoms with Gasteiger partial charge in [0.1, 0.15) is 17.9 Å². The number of benzene rings is 1. The molecule has 4 heterocycles. The molecule has 7 nitrogen and oxygen atoms in total. The molecule has 0 saturated heterocycles. The van der Waals surface area contributed by atoms with Gasteiger partial charge in [0.2, 0.25) is 0 Å². The van der Waals surface area contributed by atoms with E-state index < -0.39 is 5.97 Å². The van der Waals surface area contributed by atoms with Gasteiger partial charge in [0, 0.05) is 68.5 Å². The first-order chi connectivity index (χ1) is 17.0. The number of hydrogen-bond donors (Lipinski definition) is 0. The van der Waals surface area contributed by atoms with Crippen LogP contribution < -0.4 is 15.2 Å². The number of nitrogens with zero attached hydrogens (tertiary/aromatic N) is 3. The quantitative estimate of drug-likeness (QED) is 0.488. The van der Waals surface area contributed by atoms with Gasteiger partial charge in [-0.1, -0.05) is 18.2 Å². The van der Waals surface area contributed by atoms with E-state index in [2.05, 4.69) is 35.0 Å². The zero-order valence-corrected chi connectivity index (χ0v) is 21.1. The smallest absolute Gasteiger partial charge is 0.343 e. The van der Waals surface area contributed by atoms with Gasteiger partial charge in [-0.2, -0.15) is 0 Å². The summed E-state index contributed by atoms with van der Waals surface area (Å²) in [5.41, 5.74) is 4.93. The highest BCUT2D eigenvalue weighted by molar-refractivity contribution is 7.09. The Morgan fingerprint density at radius 2 is 1.97 bits per heavy atom. The fourth-order valence-electron chi connectivity index (χ4n) is 5.13. The number of hydrogen-bond acceptors (Lipinski definition) is 7. The molecule has 2 aliphatic rings. The van der Waals surface area contributed by atoms with Gasteiger partial charge in [0.05, 0.1) is 7.11 Å². The number of aromatic nitrogens is 1. The van der Waals surface area contributed by atoms with Crippen molar-refractivity contribution >= 4 is 23.0 Å². The van der Waals surface area contributed by atoms with Gasteiger partial charge >= 0.3 is 5.97 Å². The maximum atomic E-state index is 13.0. The molecule has 2 aromatic heterocycles. The van der Waals surface area contributed by atoms with Crippen LogP contribution in [0.5, 0.6) is 5.75 Å². The first-order valence-corrected chi connectivity index (χ1v) is 13.0. The number of anilines is 1. The summed E-state index contributed by atoms with van der Waals surface area (Å²) >= 11 is 1.57. The molecule has 0 N–H and O–H groups in total. The SMILES string of the molecule is COC(=O)c1c(OCc2cccs2)cc(=O)n2c1CCN(Cc1ccc3c(c1)CCCN3C)CC2. The van der Waals surface area contributed by atoms with Crippen molar-refractivity contribution in [1.29, 1.82) is 0 Å². The Labute approximate surface area is 209 Å².